The number of nitrogens with zero attached hydrogens (tertiary/aromatic N) is 2. The number of aryl methyl sites for hydroxylation is 1. The van der Waals surface area contributed by atoms with Gasteiger partial charge in [0, 0.05) is 51.4 Å². The second kappa shape index (κ2) is 10.3. The monoisotopic (exact) mass is 484 g/mol. The first-order chi connectivity index (χ1) is 16.8. The lowest BCUT2D eigenvalue weighted by molar-refractivity contribution is -0.135. The zero-order valence-electron chi connectivity index (χ0n) is 19.9. The molecule has 4 rings (SSSR count). The first-order valence-electron chi connectivity index (χ1n) is 11.2. The van der Waals surface area contributed by atoms with Gasteiger partial charge < -0.3 is 33.2 Å². The molecule has 0 radical (unpaired) electrons. The number of pyridine rings is 1. The maximum Gasteiger partial charge on any atom is 0.254 e. The van der Waals surface area contributed by atoms with Crippen molar-refractivity contribution in [2.45, 2.75) is 18.9 Å². The summed E-state index contributed by atoms with van der Waals surface area (Å²) >= 11 is 0. The number of rotatable bonds is 7. The van der Waals surface area contributed by atoms with Gasteiger partial charge in [0.15, 0.2) is 5.76 Å². The SMILES string of the molecule is COCc1cc(=O)c(O)c([C@H](CC(=O)N2CCOCC2)c2cc3ccc(OC)cc3n(C)c2=O)o1. The van der Waals surface area contributed by atoms with E-state index in [1.165, 1.54) is 11.7 Å². The number of carbonyl (C=O) groups is 1. The molecule has 186 valence electrons. The number of methoxy groups -OCH3 is 2. The van der Waals surface area contributed by atoms with Crippen molar-refractivity contribution >= 4 is 16.8 Å². The number of carbonyl (C=O) groups excluding carboxylic acids is 1. The molecule has 1 aromatic carbocycles. The summed E-state index contributed by atoms with van der Waals surface area (Å²) in [6.07, 6.45) is -0.177. The first-order valence-corrected chi connectivity index (χ1v) is 11.2. The molecule has 3 heterocycles. The van der Waals surface area contributed by atoms with E-state index in [0.29, 0.717) is 37.6 Å². The third-order valence-corrected chi connectivity index (χ3v) is 6.18. The molecule has 10 heteroatoms. The van der Waals surface area contributed by atoms with Crippen LogP contribution in [0.4, 0.5) is 0 Å². The lowest BCUT2D eigenvalue weighted by Crippen LogP contribution is -2.41. The number of morpholine rings is 1. The van der Waals surface area contributed by atoms with Crippen molar-refractivity contribution in [1.82, 2.24) is 9.47 Å². The highest BCUT2D eigenvalue weighted by atomic mass is 16.5. The number of ether oxygens (including phenoxy) is 3. The summed E-state index contributed by atoms with van der Waals surface area (Å²) in [5, 5.41) is 11.4. The van der Waals surface area contributed by atoms with Crippen LogP contribution in [-0.2, 0) is 27.9 Å². The topological polar surface area (TPSA) is 120 Å². The van der Waals surface area contributed by atoms with E-state index in [1.54, 1.807) is 43.3 Å². The minimum absolute atomic E-state index is 0.0117. The fourth-order valence-electron chi connectivity index (χ4n) is 4.31. The molecule has 0 bridgehead atoms. The maximum atomic E-state index is 13.5. The van der Waals surface area contributed by atoms with E-state index >= 15 is 0 Å². The fraction of sp³-hybridized carbons (Fsp3) is 0.400. The maximum absolute atomic E-state index is 13.5. The Morgan fingerprint density at radius 3 is 2.57 bits per heavy atom. The molecule has 1 aliphatic rings. The summed E-state index contributed by atoms with van der Waals surface area (Å²) in [5.74, 6) is -1.25. The van der Waals surface area contributed by atoms with E-state index in [-0.39, 0.29) is 41.6 Å². The molecule has 1 atom stereocenters. The highest BCUT2D eigenvalue weighted by Gasteiger charge is 2.31. The number of aromatic nitrogens is 1. The Labute approximate surface area is 201 Å². The van der Waals surface area contributed by atoms with Crippen LogP contribution in [0.25, 0.3) is 10.9 Å². The third-order valence-electron chi connectivity index (χ3n) is 6.18. The smallest absolute Gasteiger partial charge is 0.254 e. The number of aromatic hydroxyl groups is 1. The van der Waals surface area contributed by atoms with Crippen LogP contribution in [0.2, 0.25) is 0 Å². The number of fused-ring (bicyclic) bond motifs is 1. The van der Waals surface area contributed by atoms with E-state index in [2.05, 4.69) is 0 Å². The quantitative estimate of drug-likeness (QED) is 0.538. The number of hydrogen-bond acceptors (Lipinski definition) is 8. The molecule has 0 aliphatic carbocycles. The van der Waals surface area contributed by atoms with Crippen LogP contribution in [0.3, 0.4) is 0 Å². The first kappa shape index (κ1) is 24.5. The summed E-state index contributed by atoms with van der Waals surface area (Å²) in [5.41, 5.74) is -0.204. The summed E-state index contributed by atoms with van der Waals surface area (Å²) in [4.78, 5) is 40.9. The van der Waals surface area contributed by atoms with Crippen LogP contribution < -0.4 is 15.7 Å². The van der Waals surface area contributed by atoms with E-state index in [1.807, 2.05) is 0 Å². The van der Waals surface area contributed by atoms with Crippen LogP contribution in [0.1, 0.15) is 29.4 Å². The second-order valence-electron chi connectivity index (χ2n) is 8.36. The molecule has 0 saturated carbocycles. The standard InChI is InChI=1S/C25H28N2O8/c1-26-20-11-16(33-3)5-4-15(20)10-19(25(26)31)18(13-22(29)27-6-8-34-9-7-27)24-23(30)21(28)12-17(35-24)14-32-2/h4-5,10-12,18,30H,6-9,13-14H2,1-3H3/t18-/m1/s1. The van der Waals surface area contributed by atoms with Gasteiger partial charge in [-0.1, -0.05) is 0 Å². The highest BCUT2D eigenvalue weighted by Crippen LogP contribution is 2.34. The van der Waals surface area contributed by atoms with Gasteiger partial charge >= 0.3 is 0 Å². The van der Waals surface area contributed by atoms with Crippen LogP contribution in [0.5, 0.6) is 11.5 Å². The highest BCUT2D eigenvalue weighted by molar-refractivity contribution is 5.82. The van der Waals surface area contributed by atoms with E-state index in [0.717, 1.165) is 11.5 Å². The van der Waals surface area contributed by atoms with Gasteiger partial charge in [-0.05, 0) is 23.6 Å². The molecule has 1 N–H and O–H groups in total. The Hall–Kier alpha value is -3.63. The van der Waals surface area contributed by atoms with Gasteiger partial charge in [0.1, 0.15) is 18.1 Å². The van der Waals surface area contributed by atoms with Gasteiger partial charge in [0.25, 0.3) is 5.56 Å². The van der Waals surface area contributed by atoms with Crippen molar-refractivity contribution in [1.29, 1.82) is 0 Å². The van der Waals surface area contributed by atoms with Crippen molar-refractivity contribution in [3.8, 4) is 11.5 Å². The predicted molar refractivity (Wildman–Crippen MR) is 127 cm³/mol. The van der Waals surface area contributed by atoms with Crippen molar-refractivity contribution in [3.05, 3.63) is 68.0 Å². The lowest BCUT2D eigenvalue weighted by atomic mass is 9.91. The van der Waals surface area contributed by atoms with Gasteiger partial charge in [0.2, 0.25) is 17.1 Å². The molecule has 0 unspecified atom stereocenters. The van der Waals surface area contributed by atoms with Crippen molar-refractivity contribution in [2.24, 2.45) is 7.05 Å². The zero-order chi connectivity index (χ0) is 25.1. The Morgan fingerprint density at radius 2 is 1.89 bits per heavy atom. The molecule has 35 heavy (non-hydrogen) atoms. The van der Waals surface area contributed by atoms with E-state index in [4.69, 9.17) is 18.6 Å². The zero-order valence-corrected chi connectivity index (χ0v) is 19.9. The second-order valence-corrected chi connectivity index (χ2v) is 8.36. The minimum atomic E-state index is -1.000. The molecule has 10 nitrogen and oxygen atoms in total. The summed E-state index contributed by atoms with van der Waals surface area (Å²) in [6.45, 7) is 1.66. The molecule has 3 aromatic rings. The molecule has 1 amide bonds. The normalized spacial score (nSPS) is 14.8. The molecule has 0 spiro atoms. The molecule has 2 aromatic heterocycles. The molecular formula is C25H28N2O8. The van der Waals surface area contributed by atoms with Crippen LogP contribution >= 0.6 is 0 Å². The van der Waals surface area contributed by atoms with Crippen LogP contribution in [0.15, 0.2) is 44.3 Å². The lowest BCUT2D eigenvalue weighted by Gasteiger charge is -2.28. The summed E-state index contributed by atoms with van der Waals surface area (Å²) < 4.78 is 23.0. The fourth-order valence-corrected chi connectivity index (χ4v) is 4.31. The summed E-state index contributed by atoms with van der Waals surface area (Å²) in [7, 11) is 4.60. The van der Waals surface area contributed by atoms with Gasteiger partial charge in [-0.2, -0.15) is 0 Å². The van der Waals surface area contributed by atoms with Crippen molar-refractivity contribution in [2.75, 3.05) is 40.5 Å². The Morgan fingerprint density at radius 1 is 1.14 bits per heavy atom. The van der Waals surface area contributed by atoms with Crippen molar-refractivity contribution in [3.63, 3.8) is 0 Å². The molecule has 1 aliphatic heterocycles. The minimum Gasteiger partial charge on any atom is -0.502 e. The third kappa shape index (κ3) is 4.94. The Bertz CT molecular complexity index is 1350. The Kier molecular flexibility index (Phi) is 7.23. The number of benzene rings is 1. The average Bonchev–Trinajstić information content (AvgIpc) is 2.87. The van der Waals surface area contributed by atoms with Gasteiger partial charge in [-0.25, -0.2) is 0 Å². The molecule has 1 saturated heterocycles. The van der Waals surface area contributed by atoms with Gasteiger partial charge in [0.05, 0.1) is 31.8 Å². The number of amides is 1. The van der Waals surface area contributed by atoms with E-state index in [9.17, 15) is 19.5 Å². The molecule has 1 fully saturated rings. The average molecular weight is 485 g/mol. The predicted octanol–water partition coefficient (Wildman–Crippen LogP) is 1.73. The van der Waals surface area contributed by atoms with E-state index < -0.39 is 17.1 Å². The van der Waals surface area contributed by atoms with Crippen molar-refractivity contribution < 1.29 is 28.5 Å². The molecular weight excluding hydrogens is 456 g/mol. The van der Waals surface area contributed by atoms with Crippen LogP contribution in [-0.4, -0.2) is 61.0 Å². The summed E-state index contributed by atoms with van der Waals surface area (Å²) in [6, 6.07) is 8.10. The number of hydrogen-bond donors (Lipinski definition) is 1. The Balaban J connectivity index is 1.89. The van der Waals surface area contributed by atoms with Gasteiger partial charge in [-0.15, -0.1) is 0 Å². The van der Waals surface area contributed by atoms with Crippen LogP contribution in [0, 0.1) is 0 Å². The van der Waals surface area contributed by atoms with Gasteiger partial charge in [-0.3, -0.25) is 14.4 Å². The largest absolute Gasteiger partial charge is 0.502 e.